The summed E-state index contributed by atoms with van der Waals surface area (Å²) in [4.78, 5) is 22.3. The van der Waals surface area contributed by atoms with Gasteiger partial charge in [0.25, 0.3) is 0 Å². The highest BCUT2D eigenvalue weighted by Crippen LogP contribution is 2.21. The van der Waals surface area contributed by atoms with Gasteiger partial charge in [0, 0.05) is 12.6 Å². The van der Waals surface area contributed by atoms with E-state index >= 15 is 0 Å². The first-order valence-corrected chi connectivity index (χ1v) is 8.64. The first kappa shape index (κ1) is 19.1. The fraction of sp³-hybridized carbons (Fsp3) is 0.467. The number of rotatable bonds is 7. The molecule has 128 valence electrons. The van der Waals surface area contributed by atoms with Crippen LogP contribution < -0.4 is 10.0 Å². The summed E-state index contributed by atoms with van der Waals surface area (Å²) in [6.07, 6.45) is 0.180. The molecule has 1 amide bonds. The Hall–Kier alpha value is -1.93. The molecule has 0 aliphatic heterocycles. The van der Waals surface area contributed by atoms with Gasteiger partial charge in [-0.05, 0) is 37.0 Å². The lowest BCUT2D eigenvalue weighted by molar-refractivity contribution is -0.139. The quantitative estimate of drug-likeness (QED) is 0.698. The van der Waals surface area contributed by atoms with E-state index in [1.807, 2.05) is 13.8 Å². The standard InChI is InChI=1S/C15H22N2O5S/c1-9(2)7-14(15(19)20)17-23(21,22)12-6-5-10(3)13(8-12)16-11(4)18/h5-6,8-9,14,17H,7H2,1-4H3,(H,16,18)(H,19,20)/t14-/m0/s1. The molecule has 0 saturated heterocycles. The minimum atomic E-state index is -4.01. The summed E-state index contributed by atoms with van der Waals surface area (Å²) in [5, 5.41) is 11.7. The molecule has 0 spiro atoms. The van der Waals surface area contributed by atoms with Gasteiger partial charge < -0.3 is 10.4 Å². The average Bonchev–Trinajstić information content (AvgIpc) is 2.38. The Labute approximate surface area is 136 Å². The molecule has 0 bridgehead atoms. The van der Waals surface area contributed by atoms with Crippen molar-refractivity contribution in [2.75, 3.05) is 5.32 Å². The van der Waals surface area contributed by atoms with Gasteiger partial charge in [0.1, 0.15) is 6.04 Å². The molecule has 0 aliphatic rings. The lowest BCUT2D eigenvalue weighted by atomic mass is 10.1. The second kappa shape index (κ2) is 7.56. The summed E-state index contributed by atoms with van der Waals surface area (Å²) in [5.74, 6) is -1.53. The number of sulfonamides is 1. The van der Waals surface area contributed by atoms with Gasteiger partial charge in [0.05, 0.1) is 4.90 Å². The summed E-state index contributed by atoms with van der Waals surface area (Å²) >= 11 is 0. The maximum atomic E-state index is 12.4. The molecule has 1 rings (SSSR count). The lowest BCUT2D eigenvalue weighted by Gasteiger charge is -2.17. The molecule has 0 fully saturated rings. The zero-order chi connectivity index (χ0) is 17.8. The molecule has 0 unspecified atom stereocenters. The number of anilines is 1. The minimum Gasteiger partial charge on any atom is -0.480 e. The van der Waals surface area contributed by atoms with Gasteiger partial charge in [-0.15, -0.1) is 0 Å². The van der Waals surface area contributed by atoms with Gasteiger partial charge >= 0.3 is 5.97 Å². The third-order valence-corrected chi connectivity index (χ3v) is 4.60. The molecule has 0 aromatic heterocycles. The van der Waals surface area contributed by atoms with Gasteiger partial charge in [-0.1, -0.05) is 19.9 Å². The van der Waals surface area contributed by atoms with Crippen LogP contribution in [0.3, 0.4) is 0 Å². The van der Waals surface area contributed by atoms with Crippen LogP contribution in [0, 0.1) is 12.8 Å². The Bertz CT molecular complexity index is 698. The van der Waals surface area contributed by atoms with Crippen LogP contribution in [0.1, 0.15) is 32.8 Å². The summed E-state index contributed by atoms with van der Waals surface area (Å²) in [7, 11) is -4.01. The van der Waals surface area contributed by atoms with Crippen molar-refractivity contribution in [1.82, 2.24) is 4.72 Å². The molecule has 0 aliphatic carbocycles. The van der Waals surface area contributed by atoms with Crippen molar-refractivity contribution >= 4 is 27.6 Å². The van der Waals surface area contributed by atoms with E-state index in [1.54, 1.807) is 13.0 Å². The van der Waals surface area contributed by atoms with Gasteiger partial charge in [0.2, 0.25) is 15.9 Å². The van der Waals surface area contributed by atoms with E-state index in [0.29, 0.717) is 11.3 Å². The van der Waals surface area contributed by atoms with Gasteiger partial charge in [-0.25, -0.2) is 8.42 Å². The molecule has 1 aromatic carbocycles. The molecule has 0 radical (unpaired) electrons. The fourth-order valence-electron chi connectivity index (χ4n) is 2.02. The maximum absolute atomic E-state index is 12.4. The van der Waals surface area contributed by atoms with Gasteiger partial charge in [-0.2, -0.15) is 4.72 Å². The number of hydrogen-bond acceptors (Lipinski definition) is 4. The van der Waals surface area contributed by atoms with Crippen LogP contribution in [-0.2, 0) is 19.6 Å². The Morgan fingerprint density at radius 1 is 1.26 bits per heavy atom. The van der Waals surface area contributed by atoms with Crippen LogP contribution in [-0.4, -0.2) is 31.4 Å². The zero-order valence-electron chi connectivity index (χ0n) is 13.6. The molecule has 1 aromatic rings. The van der Waals surface area contributed by atoms with E-state index in [9.17, 15) is 18.0 Å². The molecule has 0 saturated carbocycles. The minimum absolute atomic E-state index is 0.0201. The van der Waals surface area contributed by atoms with E-state index in [1.165, 1.54) is 19.1 Å². The average molecular weight is 342 g/mol. The van der Waals surface area contributed by atoms with Crippen molar-refractivity contribution < 1.29 is 23.1 Å². The second-order valence-corrected chi connectivity index (χ2v) is 7.51. The molecule has 7 nitrogen and oxygen atoms in total. The summed E-state index contributed by atoms with van der Waals surface area (Å²) in [5.41, 5.74) is 1.08. The number of benzene rings is 1. The van der Waals surface area contributed by atoms with Crippen molar-refractivity contribution in [3.05, 3.63) is 23.8 Å². The lowest BCUT2D eigenvalue weighted by Crippen LogP contribution is -2.41. The second-order valence-electron chi connectivity index (χ2n) is 5.80. The molecule has 23 heavy (non-hydrogen) atoms. The van der Waals surface area contributed by atoms with Gasteiger partial charge in [0.15, 0.2) is 0 Å². The number of carboxylic acids is 1. The first-order valence-electron chi connectivity index (χ1n) is 7.16. The predicted molar refractivity (Wildman–Crippen MR) is 86.7 cm³/mol. The SMILES string of the molecule is CC(=O)Nc1cc(S(=O)(=O)N[C@@H](CC(C)C)C(=O)O)ccc1C. The van der Waals surface area contributed by atoms with E-state index in [0.717, 1.165) is 0 Å². The van der Waals surface area contributed by atoms with Crippen molar-refractivity contribution in [3.63, 3.8) is 0 Å². The Morgan fingerprint density at radius 2 is 1.87 bits per heavy atom. The molecule has 0 heterocycles. The van der Waals surface area contributed by atoms with Crippen molar-refractivity contribution in [1.29, 1.82) is 0 Å². The Morgan fingerprint density at radius 3 is 2.35 bits per heavy atom. The molecular weight excluding hydrogens is 320 g/mol. The smallest absolute Gasteiger partial charge is 0.321 e. The number of aryl methyl sites for hydroxylation is 1. The number of amides is 1. The molecule has 3 N–H and O–H groups in total. The summed E-state index contributed by atoms with van der Waals surface area (Å²) in [6.45, 7) is 6.67. The Balaban J connectivity index is 3.12. The first-order chi connectivity index (χ1) is 10.5. The maximum Gasteiger partial charge on any atom is 0.321 e. The number of aliphatic carboxylic acids is 1. The summed E-state index contributed by atoms with van der Waals surface area (Å²) < 4.78 is 27.0. The van der Waals surface area contributed by atoms with Crippen LogP contribution in [0.25, 0.3) is 0 Å². The third-order valence-electron chi connectivity index (χ3n) is 3.13. The van der Waals surface area contributed by atoms with Crippen LogP contribution >= 0.6 is 0 Å². The van der Waals surface area contributed by atoms with Crippen molar-refractivity contribution in [2.24, 2.45) is 5.92 Å². The van der Waals surface area contributed by atoms with E-state index in [2.05, 4.69) is 10.0 Å². The number of carboxylic acid groups (broad SMARTS) is 1. The number of carbonyl (C=O) groups excluding carboxylic acids is 1. The van der Waals surface area contributed by atoms with E-state index < -0.39 is 22.0 Å². The van der Waals surface area contributed by atoms with Crippen molar-refractivity contribution in [3.8, 4) is 0 Å². The van der Waals surface area contributed by atoms with E-state index in [-0.39, 0.29) is 23.1 Å². The highest BCUT2D eigenvalue weighted by atomic mass is 32.2. The van der Waals surface area contributed by atoms with Crippen LogP contribution in [0.5, 0.6) is 0 Å². The van der Waals surface area contributed by atoms with Crippen molar-refractivity contribution in [2.45, 2.75) is 45.1 Å². The highest BCUT2D eigenvalue weighted by molar-refractivity contribution is 7.89. The summed E-state index contributed by atoms with van der Waals surface area (Å²) in [6, 6.07) is 3.04. The van der Waals surface area contributed by atoms with E-state index in [4.69, 9.17) is 5.11 Å². The third kappa shape index (κ3) is 5.65. The van der Waals surface area contributed by atoms with Crippen LogP contribution in [0.2, 0.25) is 0 Å². The van der Waals surface area contributed by atoms with Gasteiger partial charge in [-0.3, -0.25) is 9.59 Å². The van der Waals surface area contributed by atoms with Crippen LogP contribution in [0.15, 0.2) is 23.1 Å². The monoisotopic (exact) mass is 342 g/mol. The number of hydrogen-bond donors (Lipinski definition) is 3. The topological polar surface area (TPSA) is 113 Å². The predicted octanol–water partition coefficient (Wildman–Crippen LogP) is 1.73. The number of carbonyl (C=O) groups is 2. The largest absolute Gasteiger partial charge is 0.480 e. The van der Waals surface area contributed by atoms with Crippen LogP contribution in [0.4, 0.5) is 5.69 Å². The Kier molecular flexibility index (Phi) is 6.28. The molecule has 1 atom stereocenters. The normalized spacial score (nSPS) is 12.9. The number of nitrogens with one attached hydrogen (secondary N) is 2. The molecule has 8 heteroatoms. The fourth-order valence-corrected chi connectivity index (χ4v) is 3.25. The zero-order valence-corrected chi connectivity index (χ0v) is 14.4. The molecular formula is C15H22N2O5S. The highest BCUT2D eigenvalue weighted by Gasteiger charge is 2.26.